The summed E-state index contributed by atoms with van der Waals surface area (Å²) in [5, 5.41) is 0. The van der Waals surface area contributed by atoms with Gasteiger partial charge in [-0.05, 0) is 12.5 Å². The molecule has 7 heteroatoms. The maximum absolute atomic E-state index is 13.4. The van der Waals surface area contributed by atoms with Crippen LogP contribution in [0.15, 0.2) is 41.6 Å². The predicted octanol–water partition coefficient (Wildman–Crippen LogP) is 2.21. The first-order valence-electron chi connectivity index (χ1n) is 6.85. The Kier molecular flexibility index (Phi) is 4.75. The van der Waals surface area contributed by atoms with E-state index in [9.17, 15) is 18.0 Å². The molecule has 0 saturated heterocycles. The summed E-state index contributed by atoms with van der Waals surface area (Å²) in [6.07, 6.45) is -4.60. The van der Waals surface area contributed by atoms with Crippen molar-refractivity contribution < 1.29 is 22.7 Å². The standard InChI is InChI=1S/C15H17F3N2O2/c1-2-22-14(21)12-11(19)9-20(13(12)15(16,17)18)8-10-6-4-3-5-7-10/h3-7,13H,2,8-9,19H2,1H3. The molecule has 1 aliphatic rings. The fourth-order valence-electron chi connectivity index (χ4n) is 2.54. The fourth-order valence-corrected chi connectivity index (χ4v) is 2.54. The first kappa shape index (κ1) is 16.4. The van der Waals surface area contributed by atoms with Gasteiger partial charge in [0, 0.05) is 18.8 Å². The van der Waals surface area contributed by atoms with Crippen LogP contribution in [0.1, 0.15) is 12.5 Å². The van der Waals surface area contributed by atoms with Crippen molar-refractivity contribution in [3.63, 3.8) is 0 Å². The number of halogens is 3. The second-order valence-corrected chi connectivity index (χ2v) is 4.99. The molecule has 0 radical (unpaired) electrons. The summed E-state index contributed by atoms with van der Waals surface area (Å²) in [7, 11) is 0. The van der Waals surface area contributed by atoms with Crippen molar-refractivity contribution in [1.82, 2.24) is 4.90 Å². The van der Waals surface area contributed by atoms with E-state index in [0.29, 0.717) is 0 Å². The van der Waals surface area contributed by atoms with Gasteiger partial charge < -0.3 is 10.5 Å². The Morgan fingerprint density at radius 3 is 2.55 bits per heavy atom. The van der Waals surface area contributed by atoms with E-state index in [-0.39, 0.29) is 25.4 Å². The Bertz CT molecular complexity index is 570. The minimum absolute atomic E-state index is 0.00112. The second-order valence-electron chi connectivity index (χ2n) is 4.99. The van der Waals surface area contributed by atoms with Gasteiger partial charge >= 0.3 is 12.1 Å². The molecule has 2 rings (SSSR count). The topological polar surface area (TPSA) is 55.6 Å². The molecule has 120 valence electrons. The first-order valence-corrected chi connectivity index (χ1v) is 6.85. The van der Waals surface area contributed by atoms with Crippen LogP contribution < -0.4 is 5.73 Å². The number of nitrogens with two attached hydrogens (primary N) is 1. The number of hydrogen-bond donors (Lipinski definition) is 1. The summed E-state index contributed by atoms with van der Waals surface area (Å²) in [5.41, 5.74) is 5.81. The van der Waals surface area contributed by atoms with Crippen LogP contribution >= 0.6 is 0 Å². The molecular formula is C15H17F3N2O2. The Hall–Kier alpha value is -2.02. The normalized spacial score (nSPS) is 19.5. The highest BCUT2D eigenvalue weighted by atomic mass is 19.4. The molecule has 1 atom stereocenters. The zero-order valence-electron chi connectivity index (χ0n) is 12.1. The van der Waals surface area contributed by atoms with E-state index in [1.165, 1.54) is 6.92 Å². The molecule has 1 aromatic rings. The third-order valence-electron chi connectivity index (χ3n) is 3.39. The van der Waals surface area contributed by atoms with Gasteiger partial charge in [0.25, 0.3) is 0 Å². The van der Waals surface area contributed by atoms with Crippen molar-refractivity contribution in [3.05, 3.63) is 47.2 Å². The zero-order chi connectivity index (χ0) is 16.3. The van der Waals surface area contributed by atoms with Crippen LogP contribution in [0.5, 0.6) is 0 Å². The maximum Gasteiger partial charge on any atom is 0.408 e. The van der Waals surface area contributed by atoms with Gasteiger partial charge in [0.1, 0.15) is 6.04 Å². The molecule has 0 spiro atoms. The lowest BCUT2D eigenvalue weighted by Gasteiger charge is -2.28. The molecule has 4 nitrogen and oxygen atoms in total. The van der Waals surface area contributed by atoms with Crippen LogP contribution in [0.2, 0.25) is 0 Å². The number of nitrogens with zero attached hydrogens (tertiary/aromatic N) is 1. The molecule has 1 heterocycles. The monoisotopic (exact) mass is 314 g/mol. The Balaban J connectivity index is 2.28. The number of carbonyl (C=O) groups is 1. The SMILES string of the molecule is CCOC(=O)C1=C(N)CN(Cc2ccccc2)C1C(F)(F)F. The smallest absolute Gasteiger partial charge is 0.408 e. The van der Waals surface area contributed by atoms with Crippen molar-refractivity contribution in [2.75, 3.05) is 13.2 Å². The van der Waals surface area contributed by atoms with E-state index in [2.05, 4.69) is 0 Å². The average Bonchev–Trinajstić information content (AvgIpc) is 2.76. The molecule has 1 aliphatic heterocycles. The average molecular weight is 314 g/mol. The lowest BCUT2D eigenvalue weighted by atomic mass is 10.1. The van der Waals surface area contributed by atoms with Gasteiger partial charge in [-0.25, -0.2) is 4.79 Å². The highest BCUT2D eigenvalue weighted by Gasteiger charge is 2.52. The van der Waals surface area contributed by atoms with E-state index in [4.69, 9.17) is 10.5 Å². The van der Waals surface area contributed by atoms with E-state index >= 15 is 0 Å². The summed E-state index contributed by atoms with van der Waals surface area (Å²) in [4.78, 5) is 13.0. The van der Waals surface area contributed by atoms with E-state index in [1.54, 1.807) is 30.3 Å². The molecule has 1 unspecified atom stereocenters. The zero-order valence-corrected chi connectivity index (χ0v) is 12.1. The van der Waals surface area contributed by atoms with Crippen LogP contribution in [0, 0.1) is 0 Å². The molecule has 0 saturated carbocycles. The number of alkyl halides is 3. The van der Waals surface area contributed by atoms with Gasteiger partial charge in [0.05, 0.1) is 12.2 Å². The van der Waals surface area contributed by atoms with Crippen molar-refractivity contribution in [1.29, 1.82) is 0 Å². The lowest BCUT2D eigenvalue weighted by molar-refractivity contribution is -0.175. The largest absolute Gasteiger partial charge is 0.463 e. The number of ether oxygens (including phenoxy) is 1. The molecule has 0 amide bonds. The first-order chi connectivity index (χ1) is 10.3. The van der Waals surface area contributed by atoms with Crippen molar-refractivity contribution in [2.24, 2.45) is 5.73 Å². The molecule has 0 aromatic heterocycles. The maximum atomic E-state index is 13.4. The molecule has 22 heavy (non-hydrogen) atoms. The Morgan fingerprint density at radius 2 is 2.00 bits per heavy atom. The van der Waals surface area contributed by atoms with Gasteiger partial charge in [0.2, 0.25) is 0 Å². The number of esters is 1. The number of carbonyl (C=O) groups excluding carboxylic acids is 1. The van der Waals surface area contributed by atoms with Crippen molar-refractivity contribution in [3.8, 4) is 0 Å². The quantitative estimate of drug-likeness (QED) is 0.866. The minimum atomic E-state index is -4.60. The van der Waals surface area contributed by atoms with Crippen LogP contribution in [-0.2, 0) is 16.1 Å². The molecule has 2 N–H and O–H groups in total. The minimum Gasteiger partial charge on any atom is -0.463 e. The molecule has 0 fully saturated rings. The number of benzene rings is 1. The second kappa shape index (κ2) is 6.39. The Morgan fingerprint density at radius 1 is 1.36 bits per heavy atom. The lowest BCUT2D eigenvalue weighted by Crippen LogP contribution is -2.44. The summed E-state index contributed by atoms with van der Waals surface area (Å²) >= 11 is 0. The third-order valence-corrected chi connectivity index (χ3v) is 3.39. The van der Waals surface area contributed by atoms with Gasteiger partial charge in [-0.1, -0.05) is 30.3 Å². The fraction of sp³-hybridized carbons (Fsp3) is 0.400. The highest BCUT2D eigenvalue weighted by molar-refractivity contribution is 5.91. The number of rotatable bonds is 4. The van der Waals surface area contributed by atoms with E-state index in [0.717, 1.165) is 10.5 Å². The molecular weight excluding hydrogens is 297 g/mol. The van der Waals surface area contributed by atoms with Crippen molar-refractivity contribution >= 4 is 5.97 Å². The van der Waals surface area contributed by atoms with Gasteiger partial charge in [-0.2, -0.15) is 13.2 Å². The summed E-state index contributed by atoms with van der Waals surface area (Å²) in [5.74, 6) is -1.00. The summed E-state index contributed by atoms with van der Waals surface area (Å²) in [6.45, 7) is 1.47. The molecule has 0 bridgehead atoms. The van der Waals surface area contributed by atoms with Gasteiger partial charge in [0.15, 0.2) is 0 Å². The van der Waals surface area contributed by atoms with E-state index in [1.807, 2.05) is 0 Å². The summed E-state index contributed by atoms with van der Waals surface area (Å²) in [6, 6.07) is 6.70. The van der Waals surface area contributed by atoms with Crippen molar-refractivity contribution in [2.45, 2.75) is 25.7 Å². The molecule has 0 aliphatic carbocycles. The van der Waals surface area contributed by atoms with Gasteiger partial charge in [-0.3, -0.25) is 4.90 Å². The highest BCUT2D eigenvalue weighted by Crippen LogP contribution is 2.36. The summed E-state index contributed by atoms with van der Waals surface area (Å²) < 4.78 is 44.9. The van der Waals surface area contributed by atoms with Crippen LogP contribution in [-0.4, -0.2) is 36.2 Å². The third kappa shape index (κ3) is 3.41. The van der Waals surface area contributed by atoms with Crippen LogP contribution in [0.3, 0.4) is 0 Å². The van der Waals surface area contributed by atoms with Crippen LogP contribution in [0.4, 0.5) is 13.2 Å². The predicted molar refractivity (Wildman–Crippen MR) is 74.5 cm³/mol. The van der Waals surface area contributed by atoms with Crippen LogP contribution in [0.25, 0.3) is 0 Å². The van der Waals surface area contributed by atoms with Gasteiger partial charge in [-0.15, -0.1) is 0 Å². The number of hydrogen-bond acceptors (Lipinski definition) is 4. The Labute approximate surface area is 126 Å². The van der Waals surface area contributed by atoms with E-state index < -0.39 is 23.8 Å². The molecule has 1 aromatic carbocycles.